The fraction of sp³-hybridized carbons (Fsp3) is 0.333. The topological polar surface area (TPSA) is 108 Å². The molecule has 0 bridgehead atoms. The lowest BCUT2D eigenvalue weighted by Gasteiger charge is -2.07. The Morgan fingerprint density at radius 1 is 1.45 bits per heavy atom. The Morgan fingerprint density at radius 3 is 2.90 bits per heavy atom. The number of aryl methyl sites for hydroxylation is 1. The van der Waals surface area contributed by atoms with Gasteiger partial charge in [0.25, 0.3) is 0 Å². The summed E-state index contributed by atoms with van der Waals surface area (Å²) in [5.41, 5.74) is 1.47. The third kappa shape index (κ3) is 3.21. The number of nitrogens with zero attached hydrogens (tertiary/aromatic N) is 2. The van der Waals surface area contributed by atoms with Crippen molar-refractivity contribution in [3.05, 3.63) is 41.5 Å². The molecule has 0 radical (unpaired) electrons. The quantitative estimate of drug-likeness (QED) is 0.702. The van der Waals surface area contributed by atoms with Gasteiger partial charge in [0.15, 0.2) is 0 Å². The number of aliphatic hydroxyl groups is 1. The molecule has 2 rings (SSSR count). The van der Waals surface area contributed by atoms with Gasteiger partial charge in [-0.2, -0.15) is 5.10 Å². The smallest absolute Gasteiger partial charge is 0.244 e. The van der Waals surface area contributed by atoms with E-state index in [0.717, 1.165) is 5.56 Å². The van der Waals surface area contributed by atoms with Crippen LogP contribution in [0.4, 0.5) is 0 Å². The lowest BCUT2D eigenvalue weighted by Crippen LogP contribution is -2.27. The van der Waals surface area contributed by atoms with E-state index in [9.17, 15) is 8.42 Å². The number of aliphatic hydroxyl groups excluding tert-OH is 1. The van der Waals surface area contributed by atoms with Crippen molar-refractivity contribution in [3.8, 4) is 0 Å². The number of pyridine rings is 1. The summed E-state index contributed by atoms with van der Waals surface area (Å²) in [6.45, 7) is 1.43. The van der Waals surface area contributed by atoms with E-state index in [1.54, 1.807) is 25.4 Å². The van der Waals surface area contributed by atoms with Gasteiger partial charge in [-0.05, 0) is 25.0 Å². The molecule has 0 aromatic carbocycles. The van der Waals surface area contributed by atoms with E-state index >= 15 is 0 Å². The minimum absolute atomic E-state index is 0.0196. The van der Waals surface area contributed by atoms with E-state index in [0.29, 0.717) is 12.1 Å². The van der Waals surface area contributed by atoms with Gasteiger partial charge in [-0.3, -0.25) is 10.1 Å². The first-order valence-electron chi connectivity index (χ1n) is 6.08. The van der Waals surface area contributed by atoms with Crippen molar-refractivity contribution < 1.29 is 13.5 Å². The van der Waals surface area contributed by atoms with Crippen LogP contribution >= 0.6 is 0 Å². The Balaban J connectivity index is 2.06. The van der Waals surface area contributed by atoms with Gasteiger partial charge in [0.2, 0.25) is 10.0 Å². The van der Waals surface area contributed by atoms with E-state index in [4.69, 9.17) is 5.11 Å². The van der Waals surface area contributed by atoms with Crippen molar-refractivity contribution in [2.75, 3.05) is 6.54 Å². The molecule has 0 amide bonds. The molecule has 8 heteroatoms. The summed E-state index contributed by atoms with van der Waals surface area (Å²) in [4.78, 5) is 3.99. The summed E-state index contributed by atoms with van der Waals surface area (Å²) < 4.78 is 26.9. The second-order valence-corrected chi connectivity index (χ2v) is 6.00. The monoisotopic (exact) mass is 296 g/mol. The van der Waals surface area contributed by atoms with Gasteiger partial charge >= 0.3 is 0 Å². The minimum atomic E-state index is -3.68. The highest BCUT2D eigenvalue weighted by atomic mass is 32.2. The maximum atomic E-state index is 12.2. The predicted molar refractivity (Wildman–Crippen MR) is 72.4 cm³/mol. The molecule has 0 atom stereocenters. The molecular weight excluding hydrogens is 280 g/mol. The lowest BCUT2D eigenvalue weighted by molar-refractivity contribution is 0.273. The van der Waals surface area contributed by atoms with Crippen LogP contribution in [0.25, 0.3) is 0 Å². The van der Waals surface area contributed by atoms with Crippen LogP contribution in [0.3, 0.4) is 0 Å². The third-order valence-electron chi connectivity index (χ3n) is 2.81. The summed E-state index contributed by atoms with van der Waals surface area (Å²) >= 11 is 0. The number of nitrogens with one attached hydrogen (secondary N) is 2. The van der Waals surface area contributed by atoms with Crippen LogP contribution in [0.1, 0.15) is 17.0 Å². The highest BCUT2D eigenvalue weighted by Gasteiger charge is 2.23. The Morgan fingerprint density at radius 2 is 2.25 bits per heavy atom. The van der Waals surface area contributed by atoms with Crippen molar-refractivity contribution in [1.29, 1.82) is 0 Å². The lowest BCUT2D eigenvalue weighted by atomic mass is 10.2. The highest BCUT2D eigenvalue weighted by molar-refractivity contribution is 7.89. The first kappa shape index (κ1) is 14.6. The number of aromatic amines is 1. The molecule has 2 aromatic heterocycles. The summed E-state index contributed by atoms with van der Waals surface area (Å²) in [7, 11) is -3.68. The molecule has 7 nitrogen and oxygen atoms in total. The molecule has 2 aromatic rings. The van der Waals surface area contributed by atoms with Gasteiger partial charge in [0.05, 0.1) is 12.3 Å². The predicted octanol–water partition coefficient (Wildman–Crippen LogP) is 0.126. The van der Waals surface area contributed by atoms with Gasteiger partial charge in [-0.15, -0.1) is 0 Å². The van der Waals surface area contributed by atoms with Crippen molar-refractivity contribution in [2.24, 2.45) is 0 Å². The second-order valence-electron chi connectivity index (χ2n) is 4.29. The molecule has 0 saturated carbocycles. The molecular formula is C12H16N4O3S. The fourth-order valence-corrected chi connectivity index (χ4v) is 3.27. The standard InChI is InChI=1S/C12H16N4O3S/c1-9-12(11(8-17)16-15-9)20(18,19)14-6-4-10-3-2-5-13-7-10/h2-3,5,7,14,17H,4,6,8H2,1H3,(H,15,16). The first-order valence-corrected chi connectivity index (χ1v) is 7.56. The Bertz CT molecular complexity index is 667. The zero-order valence-electron chi connectivity index (χ0n) is 11.0. The minimum Gasteiger partial charge on any atom is -0.390 e. The van der Waals surface area contributed by atoms with E-state index in [2.05, 4.69) is 19.9 Å². The molecule has 0 saturated heterocycles. The summed E-state index contributed by atoms with van der Waals surface area (Å²) in [6, 6.07) is 3.68. The summed E-state index contributed by atoms with van der Waals surface area (Å²) in [6.07, 6.45) is 3.89. The molecule has 20 heavy (non-hydrogen) atoms. The van der Waals surface area contributed by atoms with Gasteiger partial charge in [-0.1, -0.05) is 6.07 Å². The van der Waals surface area contributed by atoms with Crippen LogP contribution in [0.2, 0.25) is 0 Å². The number of H-pyrrole nitrogens is 1. The van der Waals surface area contributed by atoms with Gasteiger partial charge in [0.1, 0.15) is 10.6 Å². The number of hydrogen-bond donors (Lipinski definition) is 3. The average Bonchev–Trinajstić information content (AvgIpc) is 2.81. The summed E-state index contributed by atoms with van der Waals surface area (Å²) in [5.74, 6) is 0. The van der Waals surface area contributed by atoms with Gasteiger partial charge < -0.3 is 5.11 Å². The Kier molecular flexibility index (Phi) is 4.48. The third-order valence-corrected chi connectivity index (χ3v) is 4.47. The van der Waals surface area contributed by atoms with Crippen molar-refractivity contribution in [2.45, 2.75) is 24.8 Å². The van der Waals surface area contributed by atoms with E-state index in [1.165, 1.54) is 0 Å². The van der Waals surface area contributed by atoms with Crippen LogP contribution in [-0.2, 0) is 23.1 Å². The van der Waals surface area contributed by atoms with Crippen LogP contribution in [0, 0.1) is 6.92 Å². The normalized spacial score (nSPS) is 11.7. The molecule has 0 aliphatic carbocycles. The molecule has 0 aliphatic rings. The Labute approximate surface area is 117 Å². The maximum Gasteiger partial charge on any atom is 0.244 e. The average molecular weight is 296 g/mol. The van der Waals surface area contributed by atoms with Crippen LogP contribution < -0.4 is 4.72 Å². The number of rotatable bonds is 6. The first-order chi connectivity index (χ1) is 9.54. The molecule has 0 unspecified atom stereocenters. The SMILES string of the molecule is Cc1[nH]nc(CO)c1S(=O)(=O)NCCc1cccnc1. The molecule has 3 N–H and O–H groups in total. The largest absolute Gasteiger partial charge is 0.390 e. The molecule has 2 heterocycles. The highest BCUT2D eigenvalue weighted by Crippen LogP contribution is 2.17. The molecule has 0 spiro atoms. The van der Waals surface area contributed by atoms with Crippen LogP contribution in [0.5, 0.6) is 0 Å². The van der Waals surface area contributed by atoms with E-state index in [-0.39, 0.29) is 17.1 Å². The van der Waals surface area contributed by atoms with E-state index in [1.807, 2.05) is 6.07 Å². The van der Waals surface area contributed by atoms with E-state index < -0.39 is 16.6 Å². The molecule has 0 aliphatic heterocycles. The van der Waals surface area contributed by atoms with Gasteiger partial charge in [-0.25, -0.2) is 13.1 Å². The Hall–Kier alpha value is -1.77. The second kappa shape index (κ2) is 6.12. The number of hydrogen-bond acceptors (Lipinski definition) is 5. The van der Waals surface area contributed by atoms with Gasteiger partial charge in [0, 0.05) is 18.9 Å². The van der Waals surface area contributed by atoms with Crippen molar-refractivity contribution in [1.82, 2.24) is 19.9 Å². The fourth-order valence-electron chi connectivity index (χ4n) is 1.88. The molecule has 108 valence electrons. The van der Waals surface area contributed by atoms with Crippen molar-refractivity contribution in [3.63, 3.8) is 0 Å². The number of aromatic nitrogens is 3. The van der Waals surface area contributed by atoms with Crippen molar-refractivity contribution >= 4 is 10.0 Å². The zero-order valence-corrected chi connectivity index (χ0v) is 11.8. The number of sulfonamides is 1. The maximum absolute atomic E-state index is 12.2. The summed E-state index contributed by atoms with van der Waals surface area (Å²) in [5, 5.41) is 15.4. The molecule has 0 fully saturated rings. The van der Waals surface area contributed by atoms with Crippen LogP contribution in [0.15, 0.2) is 29.4 Å². The zero-order chi connectivity index (χ0) is 14.6. The van der Waals surface area contributed by atoms with Crippen LogP contribution in [-0.4, -0.2) is 35.3 Å².